The van der Waals surface area contributed by atoms with Gasteiger partial charge >= 0.3 is 0 Å². The Hall–Kier alpha value is -2.70. The summed E-state index contributed by atoms with van der Waals surface area (Å²) in [7, 11) is 0. The van der Waals surface area contributed by atoms with Gasteiger partial charge < -0.3 is 20.4 Å². The van der Waals surface area contributed by atoms with E-state index in [9.17, 15) is 9.59 Å². The Labute approximate surface area is 352 Å². The first kappa shape index (κ1) is 50.4. The Morgan fingerprint density at radius 2 is 0.702 bits per heavy atom. The van der Waals surface area contributed by atoms with Crippen molar-refractivity contribution >= 4 is 23.2 Å². The third-order valence-corrected chi connectivity index (χ3v) is 11.5. The van der Waals surface area contributed by atoms with Crippen molar-refractivity contribution in [2.45, 2.75) is 201 Å². The normalized spacial score (nSPS) is 11.5. The number of amides is 2. The molecule has 57 heavy (non-hydrogen) atoms. The van der Waals surface area contributed by atoms with E-state index in [1.165, 1.54) is 154 Å². The molecule has 6 nitrogen and oxygen atoms in total. The van der Waals surface area contributed by atoms with Crippen molar-refractivity contribution in [3.8, 4) is 0 Å². The fraction of sp³-hybridized carbons (Fsp3) is 0.725. The lowest BCUT2D eigenvalue weighted by molar-refractivity contribution is -0.117. The molecule has 0 fully saturated rings. The zero-order valence-electron chi connectivity index (χ0n) is 37.7. The van der Waals surface area contributed by atoms with Gasteiger partial charge in [-0.1, -0.05) is 180 Å². The van der Waals surface area contributed by atoms with Crippen molar-refractivity contribution in [3.05, 3.63) is 59.7 Å². The van der Waals surface area contributed by atoms with Gasteiger partial charge in [0.1, 0.15) is 0 Å². The van der Waals surface area contributed by atoms with E-state index in [2.05, 4.69) is 72.4 Å². The lowest BCUT2D eigenvalue weighted by Crippen LogP contribution is -2.30. The van der Waals surface area contributed by atoms with Crippen LogP contribution in [0.15, 0.2) is 48.5 Å². The van der Waals surface area contributed by atoms with Crippen molar-refractivity contribution in [3.63, 3.8) is 0 Å². The molecule has 324 valence electrons. The molecule has 0 spiro atoms. The van der Waals surface area contributed by atoms with Crippen LogP contribution in [0.4, 0.5) is 11.4 Å². The molecule has 0 aliphatic carbocycles. The van der Waals surface area contributed by atoms with Crippen molar-refractivity contribution < 1.29 is 9.59 Å². The van der Waals surface area contributed by atoms with Gasteiger partial charge in [-0.25, -0.2) is 0 Å². The molecule has 0 bridgehead atoms. The van der Waals surface area contributed by atoms with Gasteiger partial charge in [0, 0.05) is 37.3 Å². The van der Waals surface area contributed by atoms with E-state index in [1.54, 1.807) is 0 Å². The van der Waals surface area contributed by atoms with Gasteiger partial charge in [-0.2, -0.15) is 0 Å². The molecule has 6 heteroatoms. The van der Waals surface area contributed by atoms with E-state index in [1.807, 2.05) is 24.3 Å². The van der Waals surface area contributed by atoms with Crippen LogP contribution < -0.4 is 10.6 Å². The van der Waals surface area contributed by atoms with Gasteiger partial charge in [0.15, 0.2) is 0 Å². The second-order valence-electron chi connectivity index (χ2n) is 16.9. The van der Waals surface area contributed by atoms with Gasteiger partial charge in [-0.15, -0.1) is 0 Å². The molecule has 0 aliphatic heterocycles. The van der Waals surface area contributed by atoms with Crippen LogP contribution in [-0.2, 0) is 16.0 Å². The topological polar surface area (TPSA) is 64.7 Å². The molecule has 0 aromatic heterocycles. The number of unbranched alkanes of at least 4 members (excludes halogenated alkanes) is 20. The molecular formula is C51H88N4O2. The monoisotopic (exact) mass is 789 g/mol. The number of rotatable bonds is 38. The van der Waals surface area contributed by atoms with E-state index in [4.69, 9.17) is 0 Å². The first-order valence-corrected chi connectivity index (χ1v) is 24.2. The first-order chi connectivity index (χ1) is 28.0. The third kappa shape index (κ3) is 27.6. The van der Waals surface area contributed by atoms with E-state index in [-0.39, 0.29) is 11.8 Å². The van der Waals surface area contributed by atoms with Crippen molar-refractivity contribution in [2.75, 3.05) is 49.9 Å². The minimum absolute atomic E-state index is 0.0882. The number of hydrogen-bond acceptors (Lipinski definition) is 4. The van der Waals surface area contributed by atoms with Crippen LogP contribution in [0, 0.1) is 0 Å². The van der Waals surface area contributed by atoms with Crippen molar-refractivity contribution in [1.29, 1.82) is 0 Å². The number of hydrogen-bond donors (Lipinski definition) is 2. The Balaban J connectivity index is 1.85. The highest BCUT2D eigenvalue weighted by molar-refractivity contribution is 5.91. The highest BCUT2D eigenvalue weighted by atomic mass is 16.2. The van der Waals surface area contributed by atoms with E-state index < -0.39 is 0 Å². The molecular weight excluding hydrogens is 701 g/mol. The minimum atomic E-state index is 0.0882. The third-order valence-electron chi connectivity index (χ3n) is 11.5. The summed E-state index contributed by atoms with van der Waals surface area (Å²) in [5.74, 6) is 0.176. The van der Waals surface area contributed by atoms with Gasteiger partial charge in [0.2, 0.25) is 11.8 Å². The zero-order valence-corrected chi connectivity index (χ0v) is 37.7. The lowest BCUT2D eigenvalue weighted by atomic mass is 10.0. The number of carbonyl (C=O) groups is 2. The molecule has 2 amide bonds. The lowest BCUT2D eigenvalue weighted by Gasteiger charge is -2.22. The van der Waals surface area contributed by atoms with Gasteiger partial charge in [0.25, 0.3) is 0 Å². The molecule has 2 N–H and O–H groups in total. The van der Waals surface area contributed by atoms with Crippen molar-refractivity contribution in [1.82, 2.24) is 9.80 Å². The average molecular weight is 789 g/mol. The van der Waals surface area contributed by atoms with Crippen LogP contribution in [0.3, 0.4) is 0 Å². The summed E-state index contributed by atoms with van der Waals surface area (Å²) in [6.07, 6.45) is 33.0. The first-order valence-electron chi connectivity index (χ1n) is 24.2. The molecule has 0 atom stereocenters. The Morgan fingerprint density at radius 1 is 0.404 bits per heavy atom. The maximum atomic E-state index is 13.1. The highest BCUT2D eigenvalue weighted by Gasteiger charge is 2.12. The Bertz CT molecular complexity index is 1140. The summed E-state index contributed by atoms with van der Waals surface area (Å²) in [5, 5.41) is 6.37. The van der Waals surface area contributed by atoms with Crippen LogP contribution >= 0.6 is 0 Å². The minimum Gasteiger partial charge on any atom is -0.326 e. The summed E-state index contributed by atoms with van der Waals surface area (Å²) in [6, 6.07) is 16.5. The number of benzene rings is 2. The van der Waals surface area contributed by atoms with Crippen LogP contribution in [-0.4, -0.2) is 60.9 Å². The fourth-order valence-electron chi connectivity index (χ4n) is 7.85. The summed E-state index contributed by atoms with van der Waals surface area (Å²) >= 11 is 0. The van der Waals surface area contributed by atoms with Gasteiger partial charge in [-0.05, 0) is 93.7 Å². The maximum Gasteiger partial charge on any atom is 0.225 e. The molecule has 0 unspecified atom stereocenters. The predicted octanol–water partition coefficient (Wildman–Crippen LogP) is 14.0. The molecule has 0 radical (unpaired) electrons. The summed E-state index contributed by atoms with van der Waals surface area (Å²) in [5.41, 5.74) is 3.99. The van der Waals surface area contributed by atoms with Crippen LogP contribution in [0.2, 0.25) is 0 Å². The summed E-state index contributed by atoms with van der Waals surface area (Å²) < 4.78 is 0. The zero-order chi connectivity index (χ0) is 41.0. The fourth-order valence-corrected chi connectivity index (χ4v) is 7.85. The molecule has 2 aromatic rings. The number of nitrogens with zero attached hydrogens (tertiary/aromatic N) is 2. The maximum absolute atomic E-state index is 13.1. The number of nitrogens with one attached hydrogen (secondary N) is 2. The summed E-state index contributed by atoms with van der Waals surface area (Å²) in [4.78, 5) is 31.4. The molecule has 0 heterocycles. The molecule has 0 aliphatic rings. The quantitative estimate of drug-likeness (QED) is 0.0665. The van der Waals surface area contributed by atoms with Gasteiger partial charge in [-0.3, -0.25) is 9.59 Å². The second kappa shape index (κ2) is 35.3. The van der Waals surface area contributed by atoms with Gasteiger partial charge in [0.05, 0.1) is 0 Å². The number of anilines is 2. The van der Waals surface area contributed by atoms with Crippen LogP contribution in [0.1, 0.15) is 206 Å². The van der Waals surface area contributed by atoms with E-state index in [0.29, 0.717) is 12.8 Å². The molecule has 0 saturated carbocycles. The Morgan fingerprint density at radius 3 is 1.02 bits per heavy atom. The SMILES string of the molecule is CCCCCCCCN(CCCCCCCC)CCC(=O)Nc1cccc(Cc2cccc(NC(=O)CCN(CCCCCCCC)CCCCCCCC)c2)c1. The standard InChI is InChI=1S/C51H88N4O2/c1-5-9-13-17-21-25-37-54(38-26-22-18-14-10-6-2)41-35-50(56)52-48-33-29-31-46(44-48)43-47-32-30-34-49(45-47)53-51(57)36-42-55(39-27-23-19-15-11-7-3)40-28-24-20-16-12-8-4/h29-34,44-45H,5-28,35-43H2,1-4H3,(H,52,56)(H,53,57). The predicted molar refractivity (Wildman–Crippen MR) is 249 cm³/mol. The largest absolute Gasteiger partial charge is 0.326 e. The van der Waals surface area contributed by atoms with Crippen LogP contribution in [0.25, 0.3) is 0 Å². The Kier molecular flexibility index (Phi) is 31.2. The van der Waals surface area contributed by atoms with E-state index >= 15 is 0 Å². The second-order valence-corrected chi connectivity index (χ2v) is 16.9. The molecule has 0 saturated heterocycles. The smallest absolute Gasteiger partial charge is 0.225 e. The van der Waals surface area contributed by atoms with Crippen molar-refractivity contribution in [2.24, 2.45) is 0 Å². The van der Waals surface area contributed by atoms with Crippen LogP contribution in [0.5, 0.6) is 0 Å². The summed E-state index contributed by atoms with van der Waals surface area (Å²) in [6.45, 7) is 15.1. The average Bonchev–Trinajstić information content (AvgIpc) is 3.20. The highest BCUT2D eigenvalue weighted by Crippen LogP contribution is 2.19. The number of carbonyl (C=O) groups excluding carboxylic acids is 2. The van der Waals surface area contributed by atoms with E-state index in [0.717, 1.165) is 68.2 Å². The molecule has 2 rings (SSSR count). The molecule has 2 aromatic carbocycles.